The number of hydrogen-bond acceptors (Lipinski definition) is 3. The highest BCUT2D eigenvalue weighted by molar-refractivity contribution is 5.30. The SMILES string of the molecule is CNC(c1ccc(OC)cc1)C(C)N(CC1CC1)C1CC1. The molecule has 0 radical (unpaired) electrons. The molecule has 3 heteroatoms. The first-order valence-corrected chi connectivity index (χ1v) is 8.30. The Labute approximate surface area is 128 Å². The Hall–Kier alpha value is -1.06. The summed E-state index contributed by atoms with van der Waals surface area (Å²) in [5.74, 6) is 1.89. The highest BCUT2D eigenvalue weighted by Crippen LogP contribution is 2.38. The molecule has 1 N–H and O–H groups in total. The average Bonchev–Trinajstić information content (AvgIpc) is 3.39. The number of nitrogens with one attached hydrogen (secondary N) is 1. The fourth-order valence-electron chi connectivity index (χ4n) is 3.34. The smallest absolute Gasteiger partial charge is 0.118 e. The van der Waals surface area contributed by atoms with E-state index in [0.717, 1.165) is 17.7 Å². The van der Waals surface area contributed by atoms with Crippen molar-refractivity contribution in [2.45, 2.75) is 50.7 Å². The number of ether oxygens (including phenoxy) is 1. The van der Waals surface area contributed by atoms with Crippen molar-refractivity contribution in [3.8, 4) is 5.75 Å². The molecule has 2 atom stereocenters. The molecule has 0 amide bonds. The van der Waals surface area contributed by atoms with E-state index < -0.39 is 0 Å². The third-order valence-electron chi connectivity index (χ3n) is 4.97. The zero-order valence-electron chi connectivity index (χ0n) is 13.5. The van der Waals surface area contributed by atoms with Crippen LogP contribution in [0.25, 0.3) is 0 Å². The molecule has 0 spiro atoms. The second-order valence-electron chi connectivity index (χ2n) is 6.65. The monoisotopic (exact) mass is 288 g/mol. The normalized spacial score (nSPS) is 21.3. The maximum absolute atomic E-state index is 5.27. The summed E-state index contributed by atoms with van der Waals surface area (Å²) in [5.41, 5.74) is 1.35. The molecule has 0 heterocycles. The van der Waals surface area contributed by atoms with Gasteiger partial charge in [-0.1, -0.05) is 12.1 Å². The predicted molar refractivity (Wildman–Crippen MR) is 86.7 cm³/mol. The van der Waals surface area contributed by atoms with Gasteiger partial charge in [0.1, 0.15) is 5.75 Å². The summed E-state index contributed by atoms with van der Waals surface area (Å²) >= 11 is 0. The minimum Gasteiger partial charge on any atom is -0.497 e. The topological polar surface area (TPSA) is 24.5 Å². The Balaban J connectivity index is 1.72. The Morgan fingerprint density at radius 2 is 1.86 bits per heavy atom. The highest BCUT2D eigenvalue weighted by Gasteiger charge is 2.38. The number of hydrogen-bond donors (Lipinski definition) is 1. The number of rotatable bonds is 8. The molecule has 3 rings (SSSR count). The van der Waals surface area contributed by atoms with Gasteiger partial charge in [-0.2, -0.15) is 0 Å². The fourth-order valence-corrected chi connectivity index (χ4v) is 3.34. The van der Waals surface area contributed by atoms with E-state index in [2.05, 4.69) is 48.5 Å². The largest absolute Gasteiger partial charge is 0.497 e. The van der Waals surface area contributed by atoms with Crippen LogP contribution in [0.4, 0.5) is 0 Å². The van der Waals surface area contributed by atoms with Crippen LogP contribution in [-0.2, 0) is 0 Å². The Kier molecular flexibility index (Phi) is 4.51. The van der Waals surface area contributed by atoms with Crippen molar-refractivity contribution >= 4 is 0 Å². The number of methoxy groups -OCH3 is 1. The molecule has 1 aromatic carbocycles. The van der Waals surface area contributed by atoms with Crippen molar-refractivity contribution in [2.75, 3.05) is 20.7 Å². The maximum atomic E-state index is 5.27. The van der Waals surface area contributed by atoms with Crippen LogP contribution in [0.5, 0.6) is 5.75 Å². The van der Waals surface area contributed by atoms with Gasteiger partial charge in [0.2, 0.25) is 0 Å². The summed E-state index contributed by atoms with van der Waals surface area (Å²) in [4.78, 5) is 2.75. The van der Waals surface area contributed by atoms with Gasteiger partial charge in [-0.3, -0.25) is 4.90 Å². The van der Waals surface area contributed by atoms with Crippen molar-refractivity contribution in [2.24, 2.45) is 5.92 Å². The van der Waals surface area contributed by atoms with Gasteiger partial charge in [-0.15, -0.1) is 0 Å². The van der Waals surface area contributed by atoms with Crippen molar-refractivity contribution in [3.63, 3.8) is 0 Å². The van der Waals surface area contributed by atoms with Crippen LogP contribution in [0.1, 0.15) is 44.2 Å². The lowest BCUT2D eigenvalue weighted by molar-refractivity contribution is 0.156. The Morgan fingerprint density at radius 1 is 1.19 bits per heavy atom. The van der Waals surface area contributed by atoms with Crippen molar-refractivity contribution in [1.82, 2.24) is 10.2 Å². The second-order valence-corrected chi connectivity index (χ2v) is 6.65. The van der Waals surface area contributed by atoms with Gasteiger partial charge in [0.25, 0.3) is 0 Å². The molecule has 2 saturated carbocycles. The van der Waals surface area contributed by atoms with Gasteiger partial charge >= 0.3 is 0 Å². The van der Waals surface area contributed by atoms with E-state index in [1.165, 1.54) is 37.8 Å². The van der Waals surface area contributed by atoms with Crippen molar-refractivity contribution in [3.05, 3.63) is 29.8 Å². The molecule has 2 unspecified atom stereocenters. The van der Waals surface area contributed by atoms with Crippen LogP contribution in [0.2, 0.25) is 0 Å². The van der Waals surface area contributed by atoms with Crippen LogP contribution in [0, 0.1) is 5.92 Å². The minimum atomic E-state index is 0.384. The minimum absolute atomic E-state index is 0.384. The first kappa shape index (κ1) is 14.9. The Morgan fingerprint density at radius 3 is 2.33 bits per heavy atom. The summed E-state index contributed by atoms with van der Waals surface area (Å²) in [5, 5.41) is 3.53. The molecule has 2 aliphatic rings. The molecule has 116 valence electrons. The van der Waals surface area contributed by atoms with E-state index in [1.807, 2.05) is 0 Å². The maximum Gasteiger partial charge on any atom is 0.118 e. The number of benzene rings is 1. The van der Waals surface area contributed by atoms with Crippen molar-refractivity contribution < 1.29 is 4.74 Å². The van der Waals surface area contributed by atoms with Gasteiger partial charge in [0.05, 0.1) is 7.11 Å². The fraction of sp³-hybridized carbons (Fsp3) is 0.667. The number of nitrogens with zero attached hydrogens (tertiary/aromatic N) is 1. The van der Waals surface area contributed by atoms with Gasteiger partial charge in [-0.05, 0) is 63.3 Å². The van der Waals surface area contributed by atoms with E-state index in [-0.39, 0.29) is 0 Å². The van der Waals surface area contributed by atoms with E-state index in [1.54, 1.807) is 7.11 Å². The summed E-state index contributed by atoms with van der Waals surface area (Å²) in [6, 6.07) is 10.3. The zero-order chi connectivity index (χ0) is 14.8. The molecule has 0 saturated heterocycles. The summed E-state index contributed by atoms with van der Waals surface area (Å²) < 4.78 is 5.27. The molecule has 3 nitrogen and oxygen atoms in total. The van der Waals surface area contributed by atoms with Crippen LogP contribution in [0.3, 0.4) is 0 Å². The van der Waals surface area contributed by atoms with Gasteiger partial charge in [0, 0.05) is 24.7 Å². The lowest BCUT2D eigenvalue weighted by Crippen LogP contribution is -2.44. The van der Waals surface area contributed by atoms with Crippen LogP contribution < -0.4 is 10.1 Å². The van der Waals surface area contributed by atoms with Crippen LogP contribution >= 0.6 is 0 Å². The van der Waals surface area contributed by atoms with Crippen molar-refractivity contribution in [1.29, 1.82) is 0 Å². The third-order valence-corrected chi connectivity index (χ3v) is 4.97. The molecular formula is C18H28N2O. The lowest BCUT2D eigenvalue weighted by Gasteiger charge is -2.35. The molecule has 0 bridgehead atoms. The molecular weight excluding hydrogens is 260 g/mol. The van der Waals surface area contributed by atoms with E-state index in [0.29, 0.717) is 12.1 Å². The predicted octanol–water partition coefficient (Wildman–Crippen LogP) is 3.22. The van der Waals surface area contributed by atoms with Gasteiger partial charge in [0.15, 0.2) is 0 Å². The molecule has 1 aromatic rings. The summed E-state index contributed by atoms with van der Waals surface area (Å²) in [6.07, 6.45) is 5.64. The second kappa shape index (κ2) is 6.37. The molecule has 2 fully saturated rings. The summed E-state index contributed by atoms with van der Waals surface area (Å²) in [6.45, 7) is 3.67. The molecule has 21 heavy (non-hydrogen) atoms. The van der Waals surface area contributed by atoms with E-state index in [9.17, 15) is 0 Å². The van der Waals surface area contributed by atoms with Crippen LogP contribution in [0.15, 0.2) is 24.3 Å². The van der Waals surface area contributed by atoms with E-state index in [4.69, 9.17) is 4.74 Å². The average molecular weight is 288 g/mol. The standard InChI is InChI=1S/C18H28N2O/c1-13(20(16-8-9-16)12-14-4-5-14)18(19-2)15-6-10-17(21-3)11-7-15/h6-7,10-11,13-14,16,18-19H,4-5,8-9,12H2,1-3H3. The first-order chi connectivity index (χ1) is 10.2. The highest BCUT2D eigenvalue weighted by atomic mass is 16.5. The van der Waals surface area contributed by atoms with Gasteiger partial charge in [-0.25, -0.2) is 0 Å². The Bertz CT molecular complexity index is 451. The summed E-state index contributed by atoms with van der Waals surface area (Å²) in [7, 11) is 3.80. The lowest BCUT2D eigenvalue weighted by atomic mass is 9.98. The zero-order valence-corrected chi connectivity index (χ0v) is 13.5. The first-order valence-electron chi connectivity index (χ1n) is 8.30. The van der Waals surface area contributed by atoms with Crippen LogP contribution in [-0.4, -0.2) is 37.7 Å². The van der Waals surface area contributed by atoms with Gasteiger partial charge < -0.3 is 10.1 Å². The quantitative estimate of drug-likeness (QED) is 0.795. The molecule has 0 aliphatic heterocycles. The third kappa shape index (κ3) is 3.58. The number of likely N-dealkylation sites (N-methyl/N-ethyl adjacent to an activating group) is 1. The molecule has 0 aromatic heterocycles. The molecule has 2 aliphatic carbocycles. The van der Waals surface area contributed by atoms with E-state index >= 15 is 0 Å².